The number of rotatable bonds is 8. The molecule has 0 atom stereocenters. The minimum absolute atomic E-state index is 0.0368. The van der Waals surface area contributed by atoms with Crippen molar-refractivity contribution in [2.24, 2.45) is 0 Å². The van der Waals surface area contributed by atoms with Crippen LogP contribution in [0.15, 0.2) is 65.6 Å². The predicted octanol–water partition coefficient (Wildman–Crippen LogP) is 6.71. The van der Waals surface area contributed by atoms with Crippen LogP contribution in [0.1, 0.15) is 16.7 Å². The first-order valence-corrected chi connectivity index (χ1v) is 13.3. The Labute approximate surface area is 243 Å². The smallest absolute Gasteiger partial charge is 0.416 e. The van der Waals surface area contributed by atoms with Gasteiger partial charge in [0.25, 0.3) is 11.1 Å². The third kappa shape index (κ3) is 6.94. The Balaban J connectivity index is 1.46. The highest BCUT2D eigenvalue weighted by molar-refractivity contribution is 14.1. The predicted molar refractivity (Wildman–Crippen MR) is 149 cm³/mol. The van der Waals surface area contributed by atoms with E-state index in [2.05, 4.69) is 5.32 Å². The molecule has 1 heterocycles. The molecule has 13 heteroatoms. The van der Waals surface area contributed by atoms with Gasteiger partial charge in [0.1, 0.15) is 19.0 Å². The summed E-state index contributed by atoms with van der Waals surface area (Å²) in [6.07, 6.45) is -3.15. The van der Waals surface area contributed by atoms with Crippen molar-refractivity contribution in [3.8, 4) is 11.5 Å². The van der Waals surface area contributed by atoms with Gasteiger partial charge in [-0.25, -0.2) is 4.39 Å². The van der Waals surface area contributed by atoms with Gasteiger partial charge in [0.2, 0.25) is 5.91 Å². The van der Waals surface area contributed by atoms with Gasteiger partial charge in [-0.05, 0) is 82.4 Å². The van der Waals surface area contributed by atoms with Crippen LogP contribution in [0.25, 0.3) is 6.08 Å². The van der Waals surface area contributed by atoms with E-state index >= 15 is 0 Å². The van der Waals surface area contributed by atoms with Crippen LogP contribution >= 0.6 is 34.4 Å². The van der Waals surface area contributed by atoms with Gasteiger partial charge < -0.3 is 14.8 Å². The highest BCUT2D eigenvalue weighted by Crippen LogP contribution is 2.38. The maximum Gasteiger partial charge on any atom is 0.416 e. The third-order valence-electron chi connectivity index (χ3n) is 5.53. The Morgan fingerprint density at radius 3 is 2.55 bits per heavy atom. The number of carbonyl (C=O) groups excluding carboxylic acids is 3. The third-order valence-corrected chi connectivity index (χ3v) is 7.24. The Morgan fingerprint density at radius 2 is 1.85 bits per heavy atom. The van der Waals surface area contributed by atoms with Crippen LogP contribution < -0.4 is 14.8 Å². The maximum atomic E-state index is 14.0. The van der Waals surface area contributed by atoms with E-state index in [1.54, 1.807) is 30.3 Å². The number of imide groups is 1. The van der Waals surface area contributed by atoms with E-state index in [4.69, 9.17) is 9.47 Å². The molecule has 1 aliphatic heterocycles. The zero-order valence-corrected chi connectivity index (χ0v) is 23.5. The average Bonchev–Trinajstić information content (AvgIpc) is 3.15. The number of methoxy groups -OCH3 is 1. The molecule has 0 unspecified atom stereocenters. The van der Waals surface area contributed by atoms with Crippen molar-refractivity contribution in [3.63, 3.8) is 0 Å². The van der Waals surface area contributed by atoms with Crippen LogP contribution in [0.2, 0.25) is 0 Å². The summed E-state index contributed by atoms with van der Waals surface area (Å²) < 4.78 is 64.5. The van der Waals surface area contributed by atoms with E-state index in [0.29, 0.717) is 42.9 Å². The second-order valence-corrected chi connectivity index (χ2v) is 10.5. The molecule has 3 amide bonds. The maximum absolute atomic E-state index is 14.0. The second kappa shape index (κ2) is 12.3. The zero-order valence-electron chi connectivity index (χ0n) is 20.6. The monoisotopic (exact) mass is 686 g/mol. The summed E-state index contributed by atoms with van der Waals surface area (Å²) in [4.78, 5) is 38.5. The molecule has 1 aliphatic rings. The molecule has 4 rings (SSSR count). The largest absolute Gasteiger partial charge is 0.493 e. The lowest BCUT2D eigenvalue weighted by Crippen LogP contribution is -2.36. The lowest BCUT2D eigenvalue weighted by molar-refractivity contribution is -0.137. The Hall–Kier alpha value is -3.59. The summed E-state index contributed by atoms with van der Waals surface area (Å²) in [6.45, 7) is -0.720. The minimum Gasteiger partial charge on any atom is -0.493 e. The number of ether oxygens (including phenoxy) is 2. The first-order valence-electron chi connectivity index (χ1n) is 11.4. The van der Waals surface area contributed by atoms with E-state index in [1.807, 2.05) is 22.6 Å². The van der Waals surface area contributed by atoms with Gasteiger partial charge in [0.05, 0.1) is 21.1 Å². The Bertz CT molecular complexity index is 1510. The van der Waals surface area contributed by atoms with Crippen molar-refractivity contribution in [1.82, 2.24) is 4.90 Å². The van der Waals surface area contributed by atoms with E-state index in [-0.39, 0.29) is 17.2 Å². The summed E-state index contributed by atoms with van der Waals surface area (Å²) in [6, 6.07) is 13.4. The SMILES string of the molecule is COc1cc(/C=C2\SC(=O)N(CC(=O)Nc3cccc(C(F)(F)F)c3)C2=O)cc(I)c1OCc1ccccc1F. The molecule has 1 saturated heterocycles. The summed E-state index contributed by atoms with van der Waals surface area (Å²) in [5.74, 6) is -1.30. The van der Waals surface area contributed by atoms with Crippen LogP contribution in [-0.2, 0) is 22.4 Å². The first kappa shape index (κ1) is 29.4. The van der Waals surface area contributed by atoms with Crippen molar-refractivity contribution in [2.75, 3.05) is 19.0 Å². The number of carbonyl (C=O) groups is 3. The number of amides is 3. The highest BCUT2D eigenvalue weighted by Gasteiger charge is 2.36. The van der Waals surface area contributed by atoms with Crippen molar-refractivity contribution in [3.05, 3.63) is 91.6 Å². The summed E-state index contributed by atoms with van der Waals surface area (Å²) in [5.41, 5.74) is -0.219. The van der Waals surface area contributed by atoms with Gasteiger partial charge >= 0.3 is 6.18 Å². The second-order valence-electron chi connectivity index (χ2n) is 8.31. The van der Waals surface area contributed by atoms with Gasteiger partial charge in [-0.15, -0.1) is 0 Å². The fourth-order valence-corrected chi connectivity index (χ4v) is 5.25. The van der Waals surface area contributed by atoms with Crippen LogP contribution in [0.4, 0.5) is 28.0 Å². The number of nitrogens with one attached hydrogen (secondary N) is 1. The molecule has 208 valence electrons. The number of alkyl halides is 3. The number of thioether (sulfide) groups is 1. The van der Waals surface area contributed by atoms with E-state index < -0.39 is 41.2 Å². The van der Waals surface area contributed by atoms with E-state index in [1.165, 1.54) is 25.3 Å². The van der Waals surface area contributed by atoms with Gasteiger partial charge in [-0.3, -0.25) is 19.3 Å². The topological polar surface area (TPSA) is 84.9 Å². The van der Waals surface area contributed by atoms with Crippen molar-refractivity contribution in [2.45, 2.75) is 12.8 Å². The zero-order chi connectivity index (χ0) is 29.0. The first-order chi connectivity index (χ1) is 19.0. The summed E-state index contributed by atoms with van der Waals surface area (Å²) in [5, 5.41) is 1.57. The summed E-state index contributed by atoms with van der Waals surface area (Å²) in [7, 11) is 1.42. The van der Waals surface area contributed by atoms with Crippen LogP contribution in [0.5, 0.6) is 11.5 Å². The van der Waals surface area contributed by atoms with Gasteiger partial charge in [-0.1, -0.05) is 24.3 Å². The molecular formula is C27H19F4IN2O5S. The molecule has 3 aromatic rings. The minimum atomic E-state index is -4.59. The Kier molecular flexibility index (Phi) is 9.03. The molecule has 1 fully saturated rings. The van der Waals surface area contributed by atoms with Crippen molar-refractivity contribution in [1.29, 1.82) is 0 Å². The molecular weight excluding hydrogens is 667 g/mol. The number of benzene rings is 3. The lowest BCUT2D eigenvalue weighted by Gasteiger charge is -2.14. The standard InChI is InChI=1S/C27H19F4IN2O5S/c1-38-21-10-15(9-20(32)24(21)39-14-16-5-2-3-8-19(16)28)11-22-25(36)34(26(37)40-22)13-23(35)33-18-7-4-6-17(12-18)27(29,30)31/h2-12H,13-14H2,1H3,(H,33,35)/b22-11-. The van der Waals surface area contributed by atoms with Gasteiger partial charge in [-0.2, -0.15) is 13.2 Å². The molecule has 0 saturated carbocycles. The van der Waals surface area contributed by atoms with Crippen molar-refractivity contribution < 1.29 is 41.4 Å². The van der Waals surface area contributed by atoms with Crippen LogP contribution in [0, 0.1) is 9.39 Å². The van der Waals surface area contributed by atoms with E-state index in [9.17, 15) is 31.9 Å². The number of hydrogen-bond acceptors (Lipinski definition) is 6. The fourth-order valence-electron chi connectivity index (χ4n) is 3.63. The van der Waals surface area contributed by atoms with E-state index in [0.717, 1.165) is 18.2 Å². The highest BCUT2D eigenvalue weighted by atomic mass is 127. The molecule has 0 spiro atoms. The van der Waals surface area contributed by atoms with Crippen LogP contribution in [0.3, 0.4) is 0 Å². The Morgan fingerprint density at radius 1 is 1.10 bits per heavy atom. The normalized spacial score (nSPS) is 14.6. The molecule has 3 aromatic carbocycles. The summed E-state index contributed by atoms with van der Waals surface area (Å²) >= 11 is 2.62. The fraction of sp³-hybridized carbons (Fsp3) is 0.148. The molecule has 0 bridgehead atoms. The average molecular weight is 686 g/mol. The van der Waals surface area contributed by atoms with Crippen molar-refractivity contribution >= 4 is 63.2 Å². The quantitative estimate of drug-likeness (QED) is 0.161. The number of hydrogen-bond donors (Lipinski definition) is 1. The number of anilines is 1. The molecule has 0 aromatic heterocycles. The van der Waals surface area contributed by atoms with Crippen LogP contribution in [-0.4, -0.2) is 35.6 Å². The lowest BCUT2D eigenvalue weighted by atomic mass is 10.1. The molecule has 1 N–H and O–H groups in total. The number of halogens is 5. The molecule has 0 aliphatic carbocycles. The van der Waals surface area contributed by atoms with Gasteiger partial charge in [0, 0.05) is 11.3 Å². The molecule has 7 nitrogen and oxygen atoms in total. The van der Waals surface area contributed by atoms with Gasteiger partial charge in [0.15, 0.2) is 11.5 Å². The molecule has 40 heavy (non-hydrogen) atoms. The number of nitrogens with zero attached hydrogens (tertiary/aromatic N) is 1. The molecule has 0 radical (unpaired) electrons.